The molecule has 2 aromatic carbocycles. The molecule has 0 heterocycles. The van der Waals surface area contributed by atoms with Gasteiger partial charge >= 0.3 is 0 Å². The standard InChI is InChI=1S/C24H35N3O4.HI/c1-5-25-24(27-21-11-12-22(31-7-3)23(16-21)28-4)26-17-19-9-8-10-20(15-19)18-30-14-13-29-6-2;/h8-12,15-16H,5-7,13-14,17-18H2,1-4H3,(H2,25,26,27);1H. The van der Waals surface area contributed by atoms with Crippen molar-refractivity contribution in [3.63, 3.8) is 0 Å². The van der Waals surface area contributed by atoms with E-state index in [1.54, 1.807) is 7.11 Å². The molecule has 0 aliphatic carbocycles. The van der Waals surface area contributed by atoms with Crippen LogP contribution in [0.5, 0.6) is 11.5 Å². The minimum absolute atomic E-state index is 0. The minimum Gasteiger partial charge on any atom is -0.493 e. The van der Waals surface area contributed by atoms with Crippen molar-refractivity contribution in [1.82, 2.24) is 5.32 Å². The Labute approximate surface area is 208 Å². The van der Waals surface area contributed by atoms with E-state index < -0.39 is 0 Å². The molecule has 0 aliphatic rings. The number of guanidine groups is 1. The van der Waals surface area contributed by atoms with Gasteiger partial charge in [-0.3, -0.25) is 0 Å². The highest BCUT2D eigenvalue weighted by Crippen LogP contribution is 2.30. The van der Waals surface area contributed by atoms with Crippen molar-refractivity contribution < 1.29 is 18.9 Å². The van der Waals surface area contributed by atoms with Crippen molar-refractivity contribution in [2.24, 2.45) is 4.99 Å². The number of nitrogens with zero attached hydrogens (tertiary/aromatic N) is 1. The van der Waals surface area contributed by atoms with E-state index in [0.717, 1.165) is 29.1 Å². The topological polar surface area (TPSA) is 73.3 Å². The Hall–Kier alpha value is -2.04. The molecular weight excluding hydrogens is 521 g/mol. The molecule has 178 valence electrons. The zero-order valence-electron chi connectivity index (χ0n) is 19.5. The van der Waals surface area contributed by atoms with Crippen LogP contribution in [0.25, 0.3) is 0 Å². The molecule has 0 spiro atoms. The van der Waals surface area contributed by atoms with Gasteiger partial charge in [0.05, 0.1) is 40.1 Å². The summed E-state index contributed by atoms with van der Waals surface area (Å²) < 4.78 is 22.0. The molecule has 2 aromatic rings. The van der Waals surface area contributed by atoms with Crippen LogP contribution in [-0.4, -0.2) is 46.0 Å². The fourth-order valence-corrected chi connectivity index (χ4v) is 2.90. The number of rotatable bonds is 13. The van der Waals surface area contributed by atoms with Crippen LogP contribution >= 0.6 is 24.0 Å². The molecule has 32 heavy (non-hydrogen) atoms. The summed E-state index contributed by atoms with van der Waals surface area (Å²) in [5, 5.41) is 6.60. The van der Waals surface area contributed by atoms with Crippen molar-refractivity contribution in [3.05, 3.63) is 53.6 Å². The first-order valence-electron chi connectivity index (χ1n) is 10.8. The predicted molar refractivity (Wildman–Crippen MR) is 141 cm³/mol. The Morgan fingerprint density at radius 1 is 0.906 bits per heavy atom. The van der Waals surface area contributed by atoms with Crippen LogP contribution in [0.1, 0.15) is 31.9 Å². The molecule has 0 aromatic heterocycles. The van der Waals surface area contributed by atoms with Crippen molar-refractivity contribution in [2.75, 3.05) is 45.4 Å². The highest BCUT2D eigenvalue weighted by Gasteiger charge is 2.07. The van der Waals surface area contributed by atoms with E-state index in [0.29, 0.717) is 51.3 Å². The van der Waals surface area contributed by atoms with E-state index in [9.17, 15) is 0 Å². The first-order chi connectivity index (χ1) is 15.2. The average molecular weight is 557 g/mol. The molecule has 2 rings (SSSR count). The van der Waals surface area contributed by atoms with Crippen molar-refractivity contribution in [1.29, 1.82) is 0 Å². The number of anilines is 1. The second-order valence-corrected chi connectivity index (χ2v) is 6.69. The number of hydrogen-bond donors (Lipinski definition) is 2. The molecule has 0 radical (unpaired) electrons. The lowest BCUT2D eigenvalue weighted by Crippen LogP contribution is -2.30. The summed E-state index contributed by atoms with van der Waals surface area (Å²) >= 11 is 0. The number of methoxy groups -OCH3 is 1. The lowest BCUT2D eigenvalue weighted by atomic mass is 10.1. The van der Waals surface area contributed by atoms with E-state index in [4.69, 9.17) is 23.9 Å². The van der Waals surface area contributed by atoms with Crippen molar-refractivity contribution in [3.8, 4) is 11.5 Å². The summed E-state index contributed by atoms with van der Waals surface area (Å²) in [5.41, 5.74) is 3.11. The zero-order chi connectivity index (χ0) is 22.3. The predicted octanol–water partition coefficient (Wildman–Crippen LogP) is 4.84. The zero-order valence-corrected chi connectivity index (χ0v) is 21.8. The molecule has 2 N–H and O–H groups in total. The van der Waals surface area contributed by atoms with E-state index >= 15 is 0 Å². The van der Waals surface area contributed by atoms with Gasteiger partial charge in [0.15, 0.2) is 17.5 Å². The highest BCUT2D eigenvalue weighted by molar-refractivity contribution is 14.0. The second kappa shape index (κ2) is 16.6. The highest BCUT2D eigenvalue weighted by atomic mass is 127. The van der Waals surface area contributed by atoms with E-state index in [1.807, 2.05) is 45.0 Å². The summed E-state index contributed by atoms with van der Waals surface area (Å²) in [6.45, 7) is 10.3. The van der Waals surface area contributed by atoms with Crippen LogP contribution in [0.2, 0.25) is 0 Å². The van der Waals surface area contributed by atoms with Crippen LogP contribution < -0.4 is 20.1 Å². The summed E-state index contributed by atoms with van der Waals surface area (Å²) in [7, 11) is 1.63. The van der Waals surface area contributed by atoms with Crippen LogP contribution in [0.15, 0.2) is 47.5 Å². The van der Waals surface area contributed by atoms with Gasteiger partial charge in [0, 0.05) is 24.9 Å². The fourth-order valence-electron chi connectivity index (χ4n) is 2.90. The number of hydrogen-bond acceptors (Lipinski definition) is 5. The third-order valence-electron chi connectivity index (χ3n) is 4.33. The maximum atomic E-state index is 5.66. The molecule has 0 amide bonds. The van der Waals surface area contributed by atoms with Crippen LogP contribution in [0.4, 0.5) is 5.69 Å². The third kappa shape index (κ3) is 10.1. The van der Waals surface area contributed by atoms with Gasteiger partial charge in [-0.25, -0.2) is 4.99 Å². The fraction of sp³-hybridized carbons (Fsp3) is 0.458. The molecule has 7 nitrogen and oxygen atoms in total. The van der Waals surface area contributed by atoms with Gasteiger partial charge < -0.3 is 29.6 Å². The average Bonchev–Trinajstić information content (AvgIpc) is 2.79. The largest absolute Gasteiger partial charge is 0.493 e. The maximum Gasteiger partial charge on any atom is 0.196 e. The number of halogens is 1. The van der Waals surface area contributed by atoms with Crippen molar-refractivity contribution >= 4 is 35.6 Å². The molecule has 0 atom stereocenters. The molecule has 8 heteroatoms. The summed E-state index contributed by atoms with van der Waals surface area (Å²) in [5.74, 6) is 2.10. The Morgan fingerprint density at radius 3 is 2.41 bits per heavy atom. The lowest BCUT2D eigenvalue weighted by Gasteiger charge is -2.14. The molecule has 0 fully saturated rings. The normalized spacial score (nSPS) is 10.9. The monoisotopic (exact) mass is 557 g/mol. The lowest BCUT2D eigenvalue weighted by molar-refractivity contribution is 0.0453. The molecule has 0 unspecified atom stereocenters. The smallest absolute Gasteiger partial charge is 0.196 e. The first-order valence-corrected chi connectivity index (χ1v) is 10.8. The first kappa shape index (κ1) is 28.0. The summed E-state index contributed by atoms with van der Waals surface area (Å²) in [6, 6.07) is 14.0. The molecule has 0 saturated heterocycles. The Balaban J connectivity index is 0.00000512. The molecule has 0 saturated carbocycles. The Morgan fingerprint density at radius 2 is 1.69 bits per heavy atom. The van der Waals surface area contributed by atoms with Gasteiger partial charge in [0.1, 0.15) is 0 Å². The number of aliphatic imine (C=N–C) groups is 1. The Kier molecular flexibility index (Phi) is 14.5. The van der Waals surface area contributed by atoms with Gasteiger partial charge in [-0.05, 0) is 44.0 Å². The van der Waals surface area contributed by atoms with E-state index in [1.165, 1.54) is 0 Å². The second-order valence-electron chi connectivity index (χ2n) is 6.69. The van der Waals surface area contributed by atoms with Crippen molar-refractivity contribution in [2.45, 2.75) is 33.9 Å². The van der Waals surface area contributed by atoms with Gasteiger partial charge in [-0.1, -0.05) is 24.3 Å². The number of ether oxygens (including phenoxy) is 4. The maximum absolute atomic E-state index is 5.66. The van der Waals surface area contributed by atoms with Gasteiger partial charge in [0.2, 0.25) is 0 Å². The molecular formula is C24H36IN3O4. The number of benzene rings is 2. The van der Waals surface area contributed by atoms with E-state index in [2.05, 4.69) is 28.8 Å². The van der Waals surface area contributed by atoms with Gasteiger partial charge in [-0.2, -0.15) is 0 Å². The molecule has 0 aliphatic heterocycles. The minimum atomic E-state index is 0. The van der Waals surface area contributed by atoms with Crippen LogP contribution in [-0.2, 0) is 22.6 Å². The van der Waals surface area contributed by atoms with Gasteiger partial charge in [-0.15, -0.1) is 24.0 Å². The number of nitrogens with one attached hydrogen (secondary N) is 2. The third-order valence-corrected chi connectivity index (χ3v) is 4.33. The molecule has 0 bridgehead atoms. The summed E-state index contributed by atoms with van der Waals surface area (Å²) in [6.07, 6.45) is 0. The van der Waals surface area contributed by atoms with Gasteiger partial charge in [0.25, 0.3) is 0 Å². The van der Waals surface area contributed by atoms with Crippen LogP contribution in [0.3, 0.4) is 0 Å². The quantitative estimate of drug-likeness (QED) is 0.159. The Bertz CT molecular complexity index is 818. The van der Waals surface area contributed by atoms with Crippen LogP contribution in [0, 0.1) is 0 Å². The summed E-state index contributed by atoms with van der Waals surface area (Å²) in [4.78, 5) is 4.72. The van der Waals surface area contributed by atoms with E-state index in [-0.39, 0.29) is 24.0 Å². The SMILES string of the molecule is CCNC(=NCc1cccc(COCCOCC)c1)Nc1ccc(OCC)c(OC)c1.I.